The molecule has 2 nitrogen and oxygen atoms in total. The summed E-state index contributed by atoms with van der Waals surface area (Å²) in [6.45, 7) is 0.783. The molecule has 0 aliphatic heterocycles. The maximum absolute atomic E-state index is 13.3. The van der Waals surface area contributed by atoms with Gasteiger partial charge in [0.15, 0.2) is 0 Å². The molecule has 1 atom stereocenters. The molecule has 0 fully saturated rings. The van der Waals surface area contributed by atoms with E-state index in [0.717, 1.165) is 12.1 Å². The molecular weight excluding hydrogens is 212 g/mol. The molecule has 1 unspecified atom stereocenters. The first-order valence-corrected chi connectivity index (χ1v) is 4.31. The first-order valence-electron chi connectivity index (χ1n) is 3.93. The highest BCUT2D eigenvalue weighted by Crippen LogP contribution is 2.26. The quantitative estimate of drug-likeness (QED) is 0.800. The molecular formula is C9H10ClF2NO. The number of hydrogen-bond donors (Lipinski definition) is 2. The van der Waals surface area contributed by atoms with Crippen molar-refractivity contribution in [2.45, 2.75) is 12.5 Å². The van der Waals surface area contributed by atoms with Gasteiger partial charge in [0, 0.05) is 10.6 Å². The van der Waals surface area contributed by atoms with Gasteiger partial charge in [-0.1, -0.05) is 11.6 Å². The Morgan fingerprint density at radius 1 is 1.43 bits per heavy atom. The summed E-state index contributed by atoms with van der Waals surface area (Å²) < 4.78 is 26.6. The maximum Gasteiger partial charge on any atom is 0.132 e. The summed E-state index contributed by atoms with van der Waals surface area (Å²) in [6, 6.07) is 1.92. The van der Waals surface area contributed by atoms with Crippen LogP contribution in [0, 0.1) is 11.6 Å². The first-order chi connectivity index (χ1) is 6.38. The van der Waals surface area contributed by atoms with Gasteiger partial charge in [-0.05, 0) is 19.1 Å². The molecule has 14 heavy (non-hydrogen) atoms. The zero-order chi connectivity index (χ0) is 10.9. The summed E-state index contributed by atoms with van der Waals surface area (Å²) in [5.41, 5.74) is 3.71. The molecule has 1 aromatic rings. The van der Waals surface area contributed by atoms with Crippen LogP contribution in [0.5, 0.6) is 0 Å². The van der Waals surface area contributed by atoms with Crippen LogP contribution in [0.3, 0.4) is 0 Å². The Balaban J connectivity index is 3.35. The Labute approximate surface area is 85.3 Å². The standard InChI is InChI=1S/C9H10ClF2NO/c1-9(13,4-14)8-6(11)2-5(10)3-7(8)12/h2-3,14H,4,13H2,1H3. The smallest absolute Gasteiger partial charge is 0.132 e. The van der Waals surface area contributed by atoms with Crippen molar-refractivity contribution in [2.75, 3.05) is 6.61 Å². The van der Waals surface area contributed by atoms with E-state index in [0.29, 0.717) is 0 Å². The van der Waals surface area contributed by atoms with E-state index in [-0.39, 0.29) is 10.6 Å². The van der Waals surface area contributed by atoms with Crippen molar-refractivity contribution >= 4 is 11.6 Å². The fourth-order valence-electron chi connectivity index (χ4n) is 1.17. The SMILES string of the molecule is CC(N)(CO)c1c(F)cc(Cl)cc1F. The zero-order valence-electron chi connectivity index (χ0n) is 7.52. The van der Waals surface area contributed by atoms with Crippen molar-refractivity contribution in [1.82, 2.24) is 0 Å². The number of benzene rings is 1. The van der Waals surface area contributed by atoms with Crippen LogP contribution in [0.4, 0.5) is 8.78 Å². The topological polar surface area (TPSA) is 46.2 Å². The molecule has 0 amide bonds. The van der Waals surface area contributed by atoms with Crippen LogP contribution in [0.25, 0.3) is 0 Å². The van der Waals surface area contributed by atoms with Crippen LogP contribution in [0.1, 0.15) is 12.5 Å². The van der Waals surface area contributed by atoms with Gasteiger partial charge in [-0.2, -0.15) is 0 Å². The summed E-state index contributed by atoms with van der Waals surface area (Å²) in [7, 11) is 0. The minimum atomic E-state index is -1.45. The van der Waals surface area contributed by atoms with E-state index < -0.39 is 23.8 Å². The third kappa shape index (κ3) is 2.03. The molecule has 0 saturated carbocycles. The van der Waals surface area contributed by atoms with Gasteiger partial charge in [0.1, 0.15) is 11.6 Å². The lowest BCUT2D eigenvalue weighted by molar-refractivity contribution is 0.202. The fourth-order valence-corrected chi connectivity index (χ4v) is 1.36. The average Bonchev–Trinajstić information content (AvgIpc) is 2.01. The number of aliphatic hydroxyl groups is 1. The van der Waals surface area contributed by atoms with E-state index in [1.54, 1.807) is 0 Å². The van der Waals surface area contributed by atoms with Crippen molar-refractivity contribution < 1.29 is 13.9 Å². The normalized spacial score (nSPS) is 15.3. The van der Waals surface area contributed by atoms with Crippen LogP contribution >= 0.6 is 11.6 Å². The van der Waals surface area contributed by atoms with Crippen LogP contribution in [-0.2, 0) is 5.54 Å². The molecule has 0 aliphatic carbocycles. The Morgan fingerprint density at radius 2 is 1.86 bits per heavy atom. The summed E-state index contributed by atoms with van der Waals surface area (Å²) in [4.78, 5) is 0. The van der Waals surface area contributed by atoms with Crippen LogP contribution in [0.2, 0.25) is 5.02 Å². The van der Waals surface area contributed by atoms with E-state index in [9.17, 15) is 8.78 Å². The molecule has 5 heteroatoms. The maximum atomic E-state index is 13.3. The van der Waals surface area contributed by atoms with Crippen LogP contribution in [0.15, 0.2) is 12.1 Å². The van der Waals surface area contributed by atoms with Crippen molar-refractivity contribution in [2.24, 2.45) is 5.73 Å². The van der Waals surface area contributed by atoms with E-state index in [2.05, 4.69) is 0 Å². The third-order valence-corrected chi connectivity index (χ3v) is 2.12. The van der Waals surface area contributed by atoms with Crippen molar-refractivity contribution in [3.63, 3.8) is 0 Å². The Kier molecular flexibility index (Phi) is 3.09. The summed E-state index contributed by atoms with van der Waals surface area (Å²) in [5.74, 6) is -1.71. The van der Waals surface area contributed by atoms with Gasteiger partial charge in [-0.15, -0.1) is 0 Å². The second-order valence-electron chi connectivity index (χ2n) is 3.32. The number of rotatable bonds is 2. The highest BCUT2D eigenvalue weighted by molar-refractivity contribution is 6.30. The zero-order valence-corrected chi connectivity index (χ0v) is 8.28. The molecule has 78 valence electrons. The predicted molar refractivity (Wildman–Crippen MR) is 50.0 cm³/mol. The van der Waals surface area contributed by atoms with Gasteiger partial charge in [-0.25, -0.2) is 8.78 Å². The molecule has 3 N–H and O–H groups in total. The minimum Gasteiger partial charge on any atom is -0.394 e. The predicted octanol–water partition coefficient (Wildman–Crippen LogP) is 1.78. The van der Waals surface area contributed by atoms with Crippen molar-refractivity contribution in [3.05, 3.63) is 34.4 Å². The largest absolute Gasteiger partial charge is 0.394 e. The molecule has 1 rings (SSSR count). The van der Waals surface area contributed by atoms with Gasteiger partial charge < -0.3 is 10.8 Å². The lowest BCUT2D eigenvalue weighted by Gasteiger charge is -2.23. The number of hydrogen-bond acceptors (Lipinski definition) is 2. The fraction of sp³-hybridized carbons (Fsp3) is 0.333. The second-order valence-corrected chi connectivity index (χ2v) is 3.76. The minimum absolute atomic E-state index is 0.0440. The van der Waals surface area contributed by atoms with E-state index in [1.165, 1.54) is 6.92 Å². The molecule has 0 spiro atoms. The van der Waals surface area contributed by atoms with Gasteiger partial charge in [0.2, 0.25) is 0 Å². The van der Waals surface area contributed by atoms with Crippen LogP contribution in [-0.4, -0.2) is 11.7 Å². The third-order valence-electron chi connectivity index (χ3n) is 1.91. The molecule has 0 aromatic heterocycles. The molecule has 1 aromatic carbocycles. The molecule has 0 bridgehead atoms. The average molecular weight is 222 g/mol. The van der Waals surface area contributed by atoms with Gasteiger partial charge in [0.05, 0.1) is 12.1 Å². The van der Waals surface area contributed by atoms with Gasteiger partial charge >= 0.3 is 0 Å². The second kappa shape index (κ2) is 3.81. The van der Waals surface area contributed by atoms with E-state index in [4.69, 9.17) is 22.4 Å². The summed E-state index contributed by atoms with van der Waals surface area (Å²) >= 11 is 5.43. The monoisotopic (exact) mass is 221 g/mol. The lowest BCUT2D eigenvalue weighted by atomic mass is 9.93. The Hall–Kier alpha value is -0.710. The molecule has 0 heterocycles. The Bertz CT molecular complexity index is 332. The highest BCUT2D eigenvalue weighted by atomic mass is 35.5. The van der Waals surface area contributed by atoms with Crippen molar-refractivity contribution in [1.29, 1.82) is 0 Å². The summed E-state index contributed by atoms with van der Waals surface area (Å²) in [6.07, 6.45) is 0. The van der Waals surface area contributed by atoms with E-state index >= 15 is 0 Å². The van der Waals surface area contributed by atoms with Gasteiger partial charge in [0.25, 0.3) is 0 Å². The molecule has 0 aliphatic rings. The highest BCUT2D eigenvalue weighted by Gasteiger charge is 2.28. The molecule has 0 saturated heterocycles. The number of aliphatic hydroxyl groups excluding tert-OH is 1. The first kappa shape index (κ1) is 11.4. The van der Waals surface area contributed by atoms with E-state index in [1.807, 2.05) is 0 Å². The van der Waals surface area contributed by atoms with Crippen molar-refractivity contribution in [3.8, 4) is 0 Å². The number of halogens is 3. The Morgan fingerprint density at radius 3 is 2.21 bits per heavy atom. The number of nitrogens with two attached hydrogens (primary N) is 1. The van der Waals surface area contributed by atoms with Crippen LogP contribution < -0.4 is 5.73 Å². The summed E-state index contributed by atoms with van der Waals surface area (Å²) in [5, 5.41) is 8.83. The molecule has 0 radical (unpaired) electrons. The lowest BCUT2D eigenvalue weighted by Crippen LogP contribution is -2.38. The van der Waals surface area contributed by atoms with Gasteiger partial charge in [-0.3, -0.25) is 0 Å².